The van der Waals surface area contributed by atoms with E-state index in [1.54, 1.807) is 0 Å². The fourth-order valence-corrected chi connectivity index (χ4v) is 6.10. The van der Waals surface area contributed by atoms with Gasteiger partial charge in [-0.05, 0) is 29.9 Å². The van der Waals surface area contributed by atoms with E-state index in [0.29, 0.717) is 0 Å². The molecule has 1 fully saturated rings. The van der Waals surface area contributed by atoms with E-state index in [1.165, 1.54) is 12.0 Å². The Labute approximate surface area is 130 Å². The fourth-order valence-electron chi connectivity index (χ4n) is 2.61. The highest BCUT2D eigenvalue weighted by molar-refractivity contribution is 8.18. The summed E-state index contributed by atoms with van der Waals surface area (Å²) in [6, 6.07) is 10.2. The van der Waals surface area contributed by atoms with Crippen molar-refractivity contribution in [2.24, 2.45) is 5.73 Å². The van der Waals surface area contributed by atoms with Gasteiger partial charge in [-0.15, -0.1) is 23.5 Å². The van der Waals surface area contributed by atoms with Gasteiger partial charge in [0, 0.05) is 6.04 Å². The molecule has 3 N–H and O–H groups in total. The van der Waals surface area contributed by atoms with Gasteiger partial charge in [-0.3, -0.25) is 0 Å². The van der Waals surface area contributed by atoms with Crippen molar-refractivity contribution in [3.05, 3.63) is 35.9 Å². The van der Waals surface area contributed by atoms with E-state index in [9.17, 15) is 5.11 Å². The first-order chi connectivity index (χ1) is 9.70. The highest BCUT2D eigenvalue weighted by atomic mass is 32.2. The van der Waals surface area contributed by atoms with Gasteiger partial charge in [-0.2, -0.15) is 0 Å². The van der Waals surface area contributed by atoms with E-state index in [2.05, 4.69) is 31.2 Å². The minimum absolute atomic E-state index is 0.145. The Morgan fingerprint density at radius 2 is 1.90 bits per heavy atom. The number of aliphatic hydroxyl groups excluding tert-OH is 1. The Morgan fingerprint density at radius 3 is 2.50 bits per heavy atom. The third-order valence-corrected chi connectivity index (χ3v) is 7.29. The minimum atomic E-state index is -0.494. The van der Waals surface area contributed by atoms with Crippen LogP contribution in [-0.4, -0.2) is 28.8 Å². The standard InChI is InChI=1S/C16H25NOS2/c1-2-3-10-14(17)15(18)16(19-11-7-12-20-16)13-8-5-4-6-9-13/h4-6,8-9,14-15,18H,2-3,7,10-12,17H2,1H3/t14?,15-/m0/s1. The molecule has 1 aliphatic rings. The summed E-state index contributed by atoms with van der Waals surface area (Å²) < 4.78 is -0.285. The van der Waals surface area contributed by atoms with Crippen molar-refractivity contribution in [3.8, 4) is 0 Å². The van der Waals surface area contributed by atoms with Gasteiger partial charge in [0.25, 0.3) is 0 Å². The molecule has 2 nitrogen and oxygen atoms in total. The Hall–Kier alpha value is -0.160. The number of thioether (sulfide) groups is 2. The molecule has 1 aromatic carbocycles. The van der Waals surface area contributed by atoms with Crippen molar-refractivity contribution < 1.29 is 5.11 Å². The lowest BCUT2D eigenvalue weighted by Crippen LogP contribution is -2.48. The Morgan fingerprint density at radius 1 is 1.25 bits per heavy atom. The van der Waals surface area contributed by atoms with Gasteiger partial charge in [0.05, 0.1) is 6.10 Å². The maximum Gasteiger partial charge on any atom is 0.113 e. The van der Waals surface area contributed by atoms with Gasteiger partial charge >= 0.3 is 0 Å². The molecule has 4 heteroatoms. The maximum atomic E-state index is 10.9. The van der Waals surface area contributed by atoms with Crippen LogP contribution in [0, 0.1) is 0 Å². The molecule has 1 unspecified atom stereocenters. The maximum absolute atomic E-state index is 10.9. The van der Waals surface area contributed by atoms with E-state index < -0.39 is 6.10 Å². The van der Waals surface area contributed by atoms with Crippen LogP contribution < -0.4 is 5.73 Å². The van der Waals surface area contributed by atoms with Crippen LogP contribution in [0.4, 0.5) is 0 Å². The second kappa shape index (κ2) is 7.74. The first-order valence-corrected chi connectivity index (χ1v) is 9.45. The molecule has 0 amide bonds. The second-order valence-electron chi connectivity index (χ2n) is 5.33. The van der Waals surface area contributed by atoms with Crippen LogP contribution in [0.3, 0.4) is 0 Å². The largest absolute Gasteiger partial charge is 0.389 e. The molecule has 0 radical (unpaired) electrons. The number of aliphatic hydroxyl groups is 1. The van der Waals surface area contributed by atoms with Crippen LogP contribution in [0.5, 0.6) is 0 Å². The fraction of sp³-hybridized carbons (Fsp3) is 0.625. The number of nitrogens with two attached hydrogens (primary N) is 1. The van der Waals surface area contributed by atoms with Gasteiger partial charge < -0.3 is 10.8 Å². The third kappa shape index (κ3) is 3.53. The normalized spacial score (nSPS) is 21.4. The lowest BCUT2D eigenvalue weighted by Gasteiger charge is -2.42. The highest BCUT2D eigenvalue weighted by Gasteiger charge is 2.44. The molecular weight excluding hydrogens is 286 g/mol. The van der Waals surface area contributed by atoms with Crippen LogP contribution in [0.15, 0.2) is 30.3 Å². The van der Waals surface area contributed by atoms with Gasteiger partial charge in [0.2, 0.25) is 0 Å². The van der Waals surface area contributed by atoms with E-state index in [0.717, 1.165) is 30.8 Å². The summed E-state index contributed by atoms with van der Waals surface area (Å²) in [7, 11) is 0. The van der Waals surface area contributed by atoms with Crippen molar-refractivity contribution in [3.63, 3.8) is 0 Å². The summed E-state index contributed by atoms with van der Waals surface area (Å²) in [5.74, 6) is 2.19. The summed E-state index contributed by atoms with van der Waals surface area (Å²) in [5, 5.41) is 10.9. The third-order valence-electron chi connectivity index (χ3n) is 3.78. The lowest BCUT2D eigenvalue weighted by molar-refractivity contribution is 0.126. The zero-order valence-corrected chi connectivity index (χ0v) is 13.8. The summed E-state index contributed by atoms with van der Waals surface area (Å²) in [6.07, 6.45) is 3.82. The number of hydrogen-bond acceptors (Lipinski definition) is 4. The Balaban J connectivity index is 2.23. The van der Waals surface area contributed by atoms with Crippen molar-refractivity contribution in [2.75, 3.05) is 11.5 Å². The molecule has 112 valence electrons. The van der Waals surface area contributed by atoms with Crippen molar-refractivity contribution in [1.29, 1.82) is 0 Å². The van der Waals surface area contributed by atoms with Crippen LogP contribution in [0.25, 0.3) is 0 Å². The smallest absolute Gasteiger partial charge is 0.113 e. The average Bonchev–Trinajstić information content (AvgIpc) is 2.53. The molecule has 0 saturated carbocycles. The van der Waals surface area contributed by atoms with Crippen LogP contribution >= 0.6 is 23.5 Å². The molecule has 0 bridgehead atoms. The zero-order valence-electron chi connectivity index (χ0n) is 12.1. The zero-order chi connectivity index (χ0) is 14.4. The van der Waals surface area contributed by atoms with Gasteiger partial charge in [0.15, 0.2) is 0 Å². The molecule has 1 saturated heterocycles. The van der Waals surface area contributed by atoms with E-state index >= 15 is 0 Å². The average molecular weight is 312 g/mol. The molecule has 1 heterocycles. The predicted octanol–water partition coefficient (Wildman–Crippen LogP) is 3.59. The molecule has 0 aromatic heterocycles. The van der Waals surface area contributed by atoms with Gasteiger partial charge in [0.1, 0.15) is 4.08 Å². The molecular formula is C16H25NOS2. The number of hydrogen-bond donors (Lipinski definition) is 2. The summed E-state index contributed by atoms with van der Waals surface area (Å²) >= 11 is 3.73. The van der Waals surface area contributed by atoms with E-state index in [4.69, 9.17) is 5.73 Å². The predicted molar refractivity (Wildman–Crippen MR) is 91.2 cm³/mol. The summed E-state index contributed by atoms with van der Waals surface area (Å²) in [4.78, 5) is 0. The topological polar surface area (TPSA) is 46.2 Å². The van der Waals surface area contributed by atoms with Gasteiger partial charge in [-0.25, -0.2) is 0 Å². The number of benzene rings is 1. The first kappa shape index (κ1) is 16.2. The molecule has 1 aromatic rings. The molecule has 1 aliphatic heterocycles. The van der Waals surface area contributed by atoms with E-state index in [1.807, 2.05) is 29.6 Å². The Kier molecular flexibility index (Phi) is 6.27. The van der Waals surface area contributed by atoms with Gasteiger partial charge in [-0.1, -0.05) is 50.1 Å². The van der Waals surface area contributed by atoms with Crippen LogP contribution in [-0.2, 0) is 4.08 Å². The summed E-state index contributed by atoms with van der Waals surface area (Å²) in [6.45, 7) is 2.16. The summed E-state index contributed by atoms with van der Waals surface area (Å²) in [5.41, 5.74) is 7.48. The molecule has 20 heavy (non-hydrogen) atoms. The number of rotatable bonds is 6. The Bertz CT molecular complexity index is 393. The minimum Gasteiger partial charge on any atom is -0.389 e. The van der Waals surface area contributed by atoms with Crippen molar-refractivity contribution in [2.45, 2.75) is 48.8 Å². The molecule has 2 rings (SSSR count). The van der Waals surface area contributed by atoms with Crippen molar-refractivity contribution in [1.82, 2.24) is 0 Å². The molecule has 0 aliphatic carbocycles. The quantitative estimate of drug-likeness (QED) is 0.843. The van der Waals surface area contributed by atoms with Crippen LogP contribution in [0.1, 0.15) is 38.2 Å². The van der Waals surface area contributed by atoms with Crippen molar-refractivity contribution >= 4 is 23.5 Å². The molecule has 0 spiro atoms. The highest BCUT2D eigenvalue weighted by Crippen LogP contribution is 2.53. The monoisotopic (exact) mass is 311 g/mol. The SMILES string of the molecule is CCCCC(N)[C@H](O)C1(c2ccccc2)SCCCS1. The van der Waals surface area contributed by atoms with E-state index in [-0.39, 0.29) is 10.1 Å². The second-order valence-corrected chi connectivity index (χ2v) is 8.28. The lowest BCUT2D eigenvalue weighted by atomic mass is 9.97. The molecule has 2 atom stereocenters. The first-order valence-electron chi connectivity index (χ1n) is 7.48. The van der Waals surface area contributed by atoms with Crippen LogP contribution in [0.2, 0.25) is 0 Å². The number of unbranched alkanes of at least 4 members (excludes halogenated alkanes) is 1.